The average Bonchev–Trinajstić information content (AvgIpc) is 2.84. The topological polar surface area (TPSA) is 59.7 Å². The van der Waals surface area contributed by atoms with Gasteiger partial charge in [-0.3, -0.25) is 0 Å². The van der Waals surface area contributed by atoms with Crippen molar-refractivity contribution in [2.45, 2.75) is 0 Å². The second-order valence-electron chi connectivity index (χ2n) is 3.80. The van der Waals surface area contributed by atoms with E-state index in [0.29, 0.717) is 17.2 Å². The van der Waals surface area contributed by atoms with Gasteiger partial charge in [-0.05, 0) is 24.3 Å². The number of methoxy groups -OCH3 is 1. The molecule has 0 radical (unpaired) electrons. The summed E-state index contributed by atoms with van der Waals surface area (Å²) in [6.07, 6.45) is 1.74. The van der Waals surface area contributed by atoms with E-state index in [9.17, 15) is 5.11 Å². The molecule has 0 aliphatic carbocycles. The maximum atomic E-state index is 9.70. The summed E-state index contributed by atoms with van der Waals surface area (Å²) in [6, 6.07) is 10.8. The first-order chi connectivity index (χ1) is 8.79. The molecule has 2 heterocycles. The Bertz CT molecular complexity index is 706. The zero-order valence-electron chi connectivity index (χ0n) is 9.74. The highest BCUT2D eigenvalue weighted by Crippen LogP contribution is 2.28. The number of para-hydroxylation sites is 1. The third-order valence-corrected chi connectivity index (χ3v) is 2.69. The van der Waals surface area contributed by atoms with Gasteiger partial charge in [-0.2, -0.15) is 0 Å². The molecule has 18 heavy (non-hydrogen) atoms. The van der Waals surface area contributed by atoms with Gasteiger partial charge in [0.25, 0.3) is 0 Å². The van der Waals surface area contributed by atoms with Gasteiger partial charge in [0.05, 0.1) is 12.7 Å². The molecule has 0 bridgehead atoms. The summed E-state index contributed by atoms with van der Waals surface area (Å²) in [5.74, 6) is 1.33. The fraction of sp³-hybridized carbons (Fsp3) is 0.0769. The first-order valence-corrected chi connectivity index (χ1v) is 5.47. The Hall–Kier alpha value is -2.56. The summed E-state index contributed by atoms with van der Waals surface area (Å²) in [4.78, 5) is 4.31. The van der Waals surface area contributed by atoms with Crippen molar-refractivity contribution in [1.82, 2.24) is 14.6 Å². The van der Waals surface area contributed by atoms with Crippen LogP contribution in [0.1, 0.15) is 0 Å². The number of ether oxygens (including phenoxy) is 1. The fourth-order valence-corrected chi connectivity index (χ4v) is 1.84. The Balaban J connectivity index is 2.23. The van der Waals surface area contributed by atoms with Crippen LogP contribution < -0.4 is 4.74 Å². The number of pyridine rings is 1. The minimum atomic E-state index is 0.103. The standard InChI is InChI=1S/C13H11N3O2/c1-18-11-7-3-2-5-9(11)12-14-13-10(17)6-4-8-16(13)15-12/h2-8,17H,1H3. The number of nitrogens with zero attached hydrogens (tertiary/aromatic N) is 3. The molecule has 0 atom stereocenters. The number of hydrogen-bond donors (Lipinski definition) is 1. The summed E-state index contributed by atoms with van der Waals surface area (Å²) in [6.45, 7) is 0. The van der Waals surface area contributed by atoms with Crippen molar-refractivity contribution in [3.8, 4) is 22.9 Å². The van der Waals surface area contributed by atoms with Crippen molar-refractivity contribution >= 4 is 5.65 Å². The first kappa shape index (κ1) is 10.6. The summed E-state index contributed by atoms with van der Waals surface area (Å²) >= 11 is 0. The van der Waals surface area contributed by atoms with E-state index in [4.69, 9.17) is 4.74 Å². The van der Waals surface area contributed by atoms with E-state index >= 15 is 0 Å². The zero-order chi connectivity index (χ0) is 12.5. The molecule has 0 amide bonds. The molecule has 5 nitrogen and oxygen atoms in total. The molecule has 0 fully saturated rings. The minimum absolute atomic E-state index is 0.103. The minimum Gasteiger partial charge on any atom is -0.504 e. The largest absolute Gasteiger partial charge is 0.504 e. The lowest BCUT2D eigenvalue weighted by molar-refractivity contribution is 0.416. The summed E-state index contributed by atoms with van der Waals surface area (Å²) < 4.78 is 6.81. The third kappa shape index (κ3) is 1.57. The maximum Gasteiger partial charge on any atom is 0.198 e. The van der Waals surface area contributed by atoms with Gasteiger partial charge in [-0.15, -0.1) is 5.10 Å². The van der Waals surface area contributed by atoms with Gasteiger partial charge in [0.2, 0.25) is 0 Å². The number of fused-ring (bicyclic) bond motifs is 1. The fourth-order valence-electron chi connectivity index (χ4n) is 1.84. The quantitative estimate of drug-likeness (QED) is 0.746. The smallest absolute Gasteiger partial charge is 0.198 e. The van der Waals surface area contributed by atoms with Crippen LogP contribution in [0.25, 0.3) is 17.0 Å². The van der Waals surface area contributed by atoms with E-state index in [-0.39, 0.29) is 5.75 Å². The second kappa shape index (κ2) is 4.03. The summed E-state index contributed by atoms with van der Waals surface area (Å²) in [7, 11) is 1.60. The van der Waals surface area contributed by atoms with E-state index in [1.165, 1.54) is 4.52 Å². The van der Waals surface area contributed by atoms with Crippen molar-refractivity contribution in [1.29, 1.82) is 0 Å². The van der Waals surface area contributed by atoms with Gasteiger partial charge in [0, 0.05) is 6.20 Å². The molecule has 0 aliphatic heterocycles. The summed E-state index contributed by atoms with van der Waals surface area (Å²) in [5.41, 5.74) is 1.22. The van der Waals surface area contributed by atoms with Crippen LogP contribution in [-0.2, 0) is 0 Å². The Labute approximate surface area is 103 Å². The van der Waals surface area contributed by atoms with Crippen LogP contribution in [0.15, 0.2) is 42.6 Å². The van der Waals surface area contributed by atoms with Crippen molar-refractivity contribution < 1.29 is 9.84 Å². The number of aromatic nitrogens is 3. The van der Waals surface area contributed by atoms with Gasteiger partial charge in [-0.25, -0.2) is 9.50 Å². The second-order valence-corrected chi connectivity index (χ2v) is 3.80. The molecule has 0 aliphatic rings. The van der Waals surface area contributed by atoms with Crippen LogP contribution in [-0.4, -0.2) is 26.8 Å². The van der Waals surface area contributed by atoms with E-state index in [1.54, 1.807) is 25.4 Å². The lowest BCUT2D eigenvalue weighted by Crippen LogP contribution is -1.89. The normalized spacial score (nSPS) is 10.7. The molecule has 3 aromatic rings. The number of aromatic hydroxyl groups is 1. The molecule has 2 aromatic heterocycles. The summed E-state index contributed by atoms with van der Waals surface area (Å²) in [5, 5.41) is 14.0. The highest BCUT2D eigenvalue weighted by Gasteiger charge is 2.12. The van der Waals surface area contributed by atoms with Gasteiger partial charge in [-0.1, -0.05) is 12.1 Å². The first-order valence-electron chi connectivity index (χ1n) is 5.47. The van der Waals surface area contributed by atoms with Crippen LogP contribution in [0.5, 0.6) is 11.5 Å². The molecule has 0 spiro atoms. The van der Waals surface area contributed by atoms with Gasteiger partial charge in [0.15, 0.2) is 17.2 Å². The predicted molar refractivity (Wildman–Crippen MR) is 66.6 cm³/mol. The van der Waals surface area contributed by atoms with Crippen LogP contribution in [0.3, 0.4) is 0 Å². The Morgan fingerprint density at radius 2 is 2.00 bits per heavy atom. The van der Waals surface area contributed by atoms with Crippen molar-refractivity contribution in [3.05, 3.63) is 42.6 Å². The molecule has 1 aromatic carbocycles. The number of benzene rings is 1. The molecule has 3 rings (SSSR count). The molecular formula is C13H11N3O2. The van der Waals surface area contributed by atoms with Crippen LogP contribution in [0, 0.1) is 0 Å². The SMILES string of the molecule is COc1ccccc1-c1nc2c(O)cccn2n1. The number of rotatable bonds is 2. The van der Waals surface area contributed by atoms with Crippen molar-refractivity contribution in [2.24, 2.45) is 0 Å². The molecule has 0 unspecified atom stereocenters. The van der Waals surface area contributed by atoms with E-state index < -0.39 is 0 Å². The van der Waals surface area contributed by atoms with Crippen LogP contribution in [0.4, 0.5) is 0 Å². The molecule has 1 N–H and O–H groups in total. The van der Waals surface area contributed by atoms with E-state index in [2.05, 4.69) is 10.1 Å². The lowest BCUT2D eigenvalue weighted by Gasteiger charge is -2.03. The average molecular weight is 241 g/mol. The van der Waals surface area contributed by atoms with Crippen LogP contribution >= 0.6 is 0 Å². The van der Waals surface area contributed by atoms with Crippen LogP contribution in [0.2, 0.25) is 0 Å². The van der Waals surface area contributed by atoms with Gasteiger partial charge in [0.1, 0.15) is 5.75 Å². The molecular weight excluding hydrogens is 230 g/mol. The Morgan fingerprint density at radius 1 is 1.17 bits per heavy atom. The Kier molecular flexibility index (Phi) is 2.37. The third-order valence-electron chi connectivity index (χ3n) is 2.69. The monoisotopic (exact) mass is 241 g/mol. The van der Waals surface area contributed by atoms with E-state index in [0.717, 1.165) is 5.56 Å². The van der Waals surface area contributed by atoms with Crippen molar-refractivity contribution in [2.75, 3.05) is 7.11 Å². The molecule has 90 valence electrons. The highest BCUT2D eigenvalue weighted by molar-refractivity contribution is 5.67. The highest BCUT2D eigenvalue weighted by atomic mass is 16.5. The lowest BCUT2D eigenvalue weighted by atomic mass is 10.2. The predicted octanol–water partition coefficient (Wildman–Crippen LogP) is 2.11. The molecule has 0 saturated carbocycles. The zero-order valence-corrected chi connectivity index (χ0v) is 9.74. The van der Waals surface area contributed by atoms with Gasteiger partial charge < -0.3 is 9.84 Å². The molecule has 0 saturated heterocycles. The van der Waals surface area contributed by atoms with Crippen molar-refractivity contribution in [3.63, 3.8) is 0 Å². The van der Waals surface area contributed by atoms with E-state index in [1.807, 2.05) is 24.3 Å². The number of hydrogen-bond acceptors (Lipinski definition) is 4. The Morgan fingerprint density at radius 3 is 2.78 bits per heavy atom. The van der Waals surface area contributed by atoms with Gasteiger partial charge >= 0.3 is 0 Å². The molecule has 5 heteroatoms. The maximum absolute atomic E-state index is 9.70.